The minimum atomic E-state index is -3.44. The van der Waals surface area contributed by atoms with Gasteiger partial charge < -0.3 is 5.43 Å². The molecule has 0 saturated heterocycles. The lowest BCUT2D eigenvalue weighted by Gasteiger charge is -2.20. The fourth-order valence-electron chi connectivity index (χ4n) is 2.60. The number of sulfonamides is 1. The Hall–Kier alpha value is -1.11. The molecule has 0 heterocycles. The second-order valence-electron chi connectivity index (χ2n) is 5.12. The van der Waals surface area contributed by atoms with Crippen LogP contribution in [0, 0.1) is 5.92 Å². The third-order valence-electron chi connectivity index (χ3n) is 3.78. The highest BCUT2D eigenvalue weighted by atomic mass is 32.2. The predicted molar refractivity (Wildman–Crippen MR) is 76.0 cm³/mol. The molecule has 0 radical (unpaired) electrons. The molecule has 5 nitrogen and oxygen atoms in total. The van der Waals surface area contributed by atoms with Crippen molar-refractivity contribution in [2.45, 2.75) is 43.5 Å². The summed E-state index contributed by atoms with van der Waals surface area (Å²) in [6.07, 6.45) is 4.63. The normalized spacial score (nSPS) is 18.4. The van der Waals surface area contributed by atoms with Gasteiger partial charge in [0, 0.05) is 11.7 Å². The van der Waals surface area contributed by atoms with Crippen LogP contribution in [0.3, 0.4) is 0 Å². The Morgan fingerprint density at radius 2 is 1.79 bits per heavy atom. The molecule has 1 fully saturated rings. The number of benzene rings is 1. The van der Waals surface area contributed by atoms with E-state index in [1.165, 1.54) is 12.8 Å². The zero-order valence-corrected chi connectivity index (χ0v) is 11.9. The molecule has 106 valence electrons. The quantitative estimate of drug-likeness (QED) is 0.568. The fraction of sp³-hybridized carbons (Fsp3) is 0.538. The Balaban J connectivity index is 2.08. The maximum Gasteiger partial charge on any atom is 0.240 e. The first-order valence-electron chi connectivity index (χ1n) is 6.62. The lowest BCUT2D eigenvalue weighted by molar-refractivity contribution is 0.424. The molecular formula is C13H21N3O2S. The van der Waals surface area contributed by atoms with Gasteiger partial charge in [-0.15, -0.1) is 0 Å². The molecule has 1 saturated carbocycles. The van der Waals surface area contributed by atoms with E-state index in [2.05, 4.69) is 10.1 Å². The molecule has 6 heteroatoms. The summed E-state index contributed by atoms with van der Waals surface area (Å²) in [6.45, 7) is 1.95. The van der Waals surface area contributed by atoms with Crippen LogP contribution in [0.2, 0.25) is 0 Å². The van der Waals surface area contributed by atoms with Crippen molar-refractivity contribution < 1.29 is 8.42 Å². The van der Waals surface area contributed by atoms with E-state index in [9.17, 15) is 8.42 Å². The Labute approximate surface area is 114 Å². The zero-order valence-electron chi connectivity index (χ0n) is 11.1. The van der Waals surface area contributed by atoms with Gasteiger partial charge in [0.1, 0.15) is 0 Å². The van der Waals surface area contributed by atoms with Gasteiger partial charge in [-0.1, -0.05) is 12.8 Å². The van der Waals surface area contributed by atoms with Crippen LogP contribution in [0.1, 0.15) is 32.6 Å². The first-order chi connectivity index (χ1) is 9.03. The Morgan fingerprint density at radius 1 is 1.21 bits per heavy atom. The van der Waals surface area contributed by atoms with Gasteiger partial charge >= 0.3 is 0 Å². The molecule has 0 amide bonds. The van der Waals surface area contributed by atoms with Gasteiger partial charge in [-0.2, -0.15) is 0 Å². The molecule has 1 aliphatic rings. The lowest BCUT2D eigenvalue weighted by atomic mass is 10.0. The Morgan fingerprint density at radius 3 is 2.32 bits per heavy atom. The Kier molecular flexibility index (Phi) is 4.44. The second kappa shape index (κ2) is 5.90. The lowest BCUT2D eigenvalue weighted by Crippen LogP contribution is -2.37. The van der Waals surface area contributed by atoms with E-state index in [4.69, 9.17) is 5.84 Å². The van der Waals surface area contributed by atoms with Gasteiger partial charge in [-0.05, 0) is 49.9 Å². The number of anilines is 1. The number of nitrogen functional groups attached to an aromatic ring is 1. The van der Waals surface area contributed by atoms with E-state index in [1.54, 1.807) is 24.3 Å². The number of nitrogens with two attached hydrogens (primary N) is 1. The second-order valence-corrected chi connectivity index (χ2v) is 6.84. The number of hydrogen-bond donors (Lipinski definition) is 3. The van der Waals surface area contributed by atoms with Gasteiger partial charge in [-0.25, -0.2) is 13.1 Å². The van der Waals surface area contributed by atoms with Gasteiger partial charge in [0.05, 0.1) is 4.90 Å². The molecule has 1 unspecified atom stereocenters. The summed E-state index contributed by atoms with van der Waals surface area (Å²) in [5.74, 6) is 5.72. The molecule has 0 spiro atoms. The highest BCUT2D eigenvalue weighted by molar-refractivity contribution is 7.89. The van der Waals surface area contributed by atoms with Crippen LogP contribution in [-0.2, 0) is 10.0 Å². The fourth-order valence-corrected chi connectivity index (χ4v) is 3.91. The maximum atomic E-state index is 12.2. The minimum Gasteiger partial charge on any atom is -0.324 e. The average molecular weight is 283 g/mol. The van der Waals surface area contributed by atoms with Crippen molar-refractivity contribution in [3.05, 3.63) is 24.3 Å². The maximum absolute atomic E-state index is 12.2. The first kappa shape index (κ1) is 14.3. The van der Waals surface area contributed by atoms with E-state index in [-0.39, 0.29) is 10.9 Å². The molecule has 1 aromatic rings. The number of nitrogens with one attached hydrogen (secondary N) is 2. The van der Waals surface area contributed by atoms with Crippen molar-refractivity contribution in [3.8, 4) is 0 Å². The third kappa shape index (κ3) is 3.46. The largest absolute Gasteiger partial charge is 0.324 e. The van der Waals surface area contributed by atoms with Crippen molar-refractivity contribution in [1.29, 1.82) is 0 Å². The molecular weight excluding hydrogens is 262 g/mol. The van der Waals surface area contributed by atoms with Gasteiger partial charge in [-0.3, -0.25) is 5.84 Å². The molecule has 1 atom stereocenters. The summed E-state index contributed by atoms with van der Waals surface area (Å²) in [5, 5.41) is 0. The van der Waals surface area contributed by atoms with E-state index in [1.807, 2.05) is 6.92 Å². The van der Waals surface area contributed by atoms with Crippen molar-refractivity contribution in [1.82, 2.24) is 4.72 Å². The molecule has 1 aliphatic carbocycles. The molecule has 0 aliphatic heterocycles. The van der Waals surface area contributed by atoms with Gasteiger partial charge in [0.15, 0.2) is 0 Å². The van der Waals surface area contributed by atoms with Crippen molar-refractivity contribution in [2.24, 2.45) is 11.8 Å². The number of rotatable bonds is 5. The van der Waals surface area contributed by atoms with Gasteiger partial charge in [0.25, 0.3) is 0 Å². The van der Waals surface area contributed by atoms with Crippen LogP contribution in [0.4, 0.5) is 5.69 Å². The Bertz CT molecular complexity index is 507. The summed E-state index contributed by atoms with van der Waals surface area (Å²) in [7, 11) is -3.44. The monoisotopic (exact) mass is 283 g/mol. The zero-order chi connectivity index (χ0) is 13.9. The molecule has 1 aromatic carbocycles. The molecule has 0 aromatic heterocycles. The number of hydrogen-bond acceptors (Lipinski definition) is 4. The SMILES string of the molecule is CC(NS(=O)(=O)c1ccc(NN)cc1)C1CCCC1. The molecule has 4 N–H and O–H groups in total. The summed E-state index contributed by atoms with van der Waals surface area (Å²) >= 11 is 0. The minimum absolute atomic E-state index is 0.0141. The smallest absolute Gasteiger partial charge is 0.240 e. The van der Waals surface area contributed by atoms with Crippen LogP contribution in [0.5, 0.6) is 0 Å². The van der Waals surface area contributed by atoms with E-state index in [0.717, 1.165) is 12.8 Å². The van der Waals surface area contributed by atoms with E-state index in [0.29, 0.717) is 11.6 Å². The van der Waals surface area contributed by atoms with Crippen molar-refractivity contribution in [3.63, 3.8) is 0 Å². The van der Waals surface area contributed by atoms with Crippen LogP contribution in [0.15, 0.2) is 29.2 Å². The van der Waals surface area contributed by atoms with E-state index < -0.39 is 10.0 Å². The summed E-state index contributed by atoms with van der Waals surface area (Å²) in [5.41, 5.74) is 3.16. The van der Waals surface area contributed by atoms with Crippen LogP contribution in [0.25, 0.3) is 0 Å². The number of hydrazine groups is 1. The van der Waals surface area contributed by atoms with Crippen molar-refractivity contribution >= 4 is 15.7 Å². The summed E-state index contributed by atoms with van der Waals surface area (Å²) in [6, 6.07) is 6.39. The van der Waals surface area contributed by atoms with Crippen LogP contribution in [-0.4, -0.2) is 14.5 Å². The van der Waals surface area contributed by atoms with Crippen LogP contribution >= 0.6 is 0 Å². The summed E-state index contributed by atoms with van der Waals surface area (Å²) in [4.78, 5) is 0.274. The first-order valence-corrected chi connectivity index (χ1v) is 8.10. The van der Waals surface area contributed by atoms with Crippen molar-refractivity contribution in [2.75, 3.05) is 5.43 Å². The van der Waals surface area contributed by atoms with Crippen LogP contribution < -0.4 is 16.0 Å². The molecule has 19 heavy (non-hydrogen) atoms. The molecule has 2 rings (SSSR count). The predicted octanol–water partition coefficient (Wildman–Crippen LogP) is 1.83. The third-order valence-corrected chi connectivity index (χ3v) is 5.35. The topological polar surface area (TPSA) is 84.2 Å². The summed E-state index contributed by atoms with van der Waals surface area (Å²) < 4.78 is 27.2. The molecule has 0 bridgehead atoms. The highest BCUT2D eigenvalue weighted by Crippen LogP contribution is 2.28. The van der Waals surface area contributed by atoms with Gasteiger partial charge in [0.2, 0.25) is 10.0 Å². The standard InChI is InChI=1S/C13H21N3O2S/c1-10(11-4-2-3-5-11)16-19(17,18)13-8-6-12(15-14)7-9-13/h6-11,15-16H,2-5,14H2,1H3. The highest BCUT2D eigenvalue weighted by Gasteiger charge is 2.25. The van der Waals surface area contributed by atoms with E-state index >= 15 is 0 Å². The average Bonchev–Trinajstić information content (AvgIpc) is 2.92.